The number of fused-ring (bicyclic) bond motifs is 1. The molecule has 2 aliphatic rings. The zero-order valence-electron chi connectivity index (χ0n) is 18.7. The molecule has 0 saturated heterocycles. The van der Waals surface area contributed by atoms with Gasteiger partial charge in [0, 0.05) is 29.0 Å². The molecule has 1 aromatic carbocycles. The Kier molecular flexibility index (Phi) is 7.21. The van der Waals surface area contributed by atoms with Crippen molar-refractivity contribution in [2.24, 2.45) is 5.14 Å². The molecule has 9 heteroatoms. The van der Waals surface area contributed by atoms with Crippen molar-refractivity contribution in [1.29, 1.82) is 0 Å². The van der Waals surface area contributed by atoms with Crippen molar-refractivity contribution in [3.63, 3.8) is 0 Å². The number of primary sulfonamides is 1. The number of thioether (sulfide) groups is 1. The van der Waals surface area contributed by atoms with E-state index in [1.54, 1.807) is 10.3 Å². The maximum atomic E-state index is 13.1. The molecule has 0 spiro atoms. The second-order valence-electron chi connectivity index (χ2n) is 8.63. The molecule has 0 fully saturated rings. The molecule has 2 aromatic rings. The van der Waals surface area contributed by atoms with E-state index in [-0.39, 0.29) is 16.7 Å². The zero-order chi connectivity index (χ0) is 23.6. The summed E-state index contributed by atoms with van der Waals surface area (Å²) in [6.45, 7) is 2.03. The Hall–Kier alpha value is -2.23. The molecule has 0 saturated carbocycles. The van der Waals surface area contributed by atoms with Crippen LogP contribution in [0.15, 0.2) is 43.9 Å². The number of nitrogens with two attached hydrogens (primary N) is 1. The van der Waals surface area contributed by atoms with Gasteiger partial charge in [0.2, 0.25) is 0 Å². The summed E-state index contributed by atoms with van der Waals surface area (Å²) in [6, 6.07) is 7.44. The number of hydrogen-bond acceptors (Lipinski definition) is 7. The lowest BCUT2D eigenvalue weighted by Crippen LogP contribution is -2.28. The van der Waals surface area contributed by atoms with E-state index < -0.39 is 15.6 Å². The quantitative estimate of drug-likeness (QED) is 0.611. The number of anilines is 1. The summed E-state index contributed by atoms with van der Waals surface area (Å²) in [4.78, 5) is 14.7. The topological polar surface area (TPSA) is 114 Å². The summed E-state index contributed by atoms with van der Waals surface area (Å²) in [5.74, 6) is 0.745. The van der Waals surface area contributed by atoms with Crippen molar-refractivity contribution in [2.75, 3.05) is 10.8 Å². The van der Waals surface area contributed by atoms with Gasteiger partial charge in [0.1, 0.15) is 11.5 Å². The van der Waals surface area contributed by atoms with Crippen LogP contribution in [0.4, 0.5) is 5.69 Å². The van der Waals surface area contributed by atoms with E-state index in [1.807, 2.05) is 31.2 Å². The fourth-order valence-electron chi connectivity index (χ4n) is 4.74. The summed E-state index contributed by atoms with van der Waals surface area (Å²) in [6.07, 6.45) is 6.91. The first-order valence-electron chi connectivity index (χ1n) is 11.4. The summed E-state index contributed by atoms with van der Waals surface area (Å²) in [7, 11) is -3.86. The molecule has 0 radical (unpaired) electrons. The van der Waals surface area contributed by atoms with Gasteiger partial charge in [-0.15, -0.1) is 11.8 Å². The van der Waals surface area contributed by atoms with E-state index >= 15 is 0 Å². The van der Waals surface area contributed by atoms with Crippen LogP contribution in [0.3, 0.4) is 0 Å². The fourth-order valence-corrected chi connectivity index (χ4v) is 6.82. The first-order valence-corrected chi connectivity index (χ1v) is 14.0. The third-order valence-electron chi connectivity index (χ3n) is 6.35. The number of aryl methyl sites for hydroxylation is 1. The average molecular weight is 491 g/mol. The average Bonchev–Trinajstić information content (AvgIpc) is 3.25. The highest BCUT2D eigenvalue weighted by molar-refractivity contribution is 8.04. The third kappa shape index (κ3) is 5.00. The van der Waals surface area contributed by atoms with E-state index in [9.17, 15) is 18.3 Å². The predicted octanol–water partition coefficient (Wildman–Crippen LogP) is 4.53. The normalized spacial score (nSPS) is 17.8. The first kappa shape index (κ1) is 23.9. The minimum absolute atomic E-state index is 0.0557. The maximum absolute atomic E-state index is 13.1. The Morgan fingerprint density at radius 1 is 1.21 bits per heavy atom. The van der Waals surface area contributed by atoms with E-state index in [0.29, 0.717) is 42.2 Å². The highest BCUT2D eigenvalue weighted by Gasteiger charge is 2.29. The Morgan fingerprint density at radius 3 is 2.70 bits per heavy atom. The van der Waals surface area contributed by atoms with E-state index in [4.69, 9.17) is 9.56 Å². The number of nitrogens with zero attached hydrogens (tertiary/aromatic N) is 1. The number of hydrogen-bond donors (Lipinski definition) is 2. The van der Waals surface area contributed by atoms with Gasteiger partial charge in [0.25, 0.3) is 10.0 Å². The molecule has 178 valence electrons. The Balaban J connectivity index is 1.78. The van der Waals surface area contributed by atoms with Crippen LogP contribution in [0.1, 0.15) is 73.8 Å². The molecule has 1 atom stereocenters. The minimum atomic E-state index is -3.86. The first-order chi connectivity index (χ1) is 15.8. The maximum Gasteiger partial charge on any atom is 0.343 e. The molecule has 4 rings (SSSR count). The lowest BCUT2D eigenvalue weighted by Gasteiger charge is -2.24. The Morgan fingerprint density at radius 2 is 1.97 bits per heavy atom. The van der Waals surface area contributed by atoms with Gasteiger partial charge >= 0.3 is 5.63 Å². The van der Waals surface area contributed by atoms with Gasteiger partial charge in [0.15, 0.2) is 5.03 Å². The lowest BCUT2D eigenvalue weighted by molar-refractivity contribution is 0.383. The molecule has 1 aliphatic heterocycles. The molecule has 1 unspecified atom stereocenters. The smallest absolute Gasteiger partial charge is 0.343 e. The van der Waals surface area contributed by atoms with E-state index in [1.165, 1.54) is 11.8 Å². The summed E-state index contributed by atoms with van der Waals surface area (Å²) < 4.78 is 29.8. The SMILES string of the molecule is CCCC(c1cccc(N2CSC=C2S(N)(=O)=O)c1)c1c(O)c2c(oc1=O)CCCCCC2. The highest BCUT2D eigenvalue weighted by Crippen LogP contribution is 2.39. The van der Waals surface area contributed by atoms with Crippen molar-refractivity contribution in [1.82, 2.24) is 0 Å². The number of benzene rings is 1. The summed E-state index contributed by atoms with van der Waals surface area (Å²) >= 11 is 1.36. The second-order valence-corrected chi connectivity index (χ2v) is 11.0. The molecular weight excluding hydrogens is 460 g/mol. The van der Waals surface area contributed by atoms with Crippen LogP contribution in [-0.4, -0.2) is 19.4 Å². The number of aromatic hydroxyl groups is 1. The van der Waals surface area contributed by atoms with Gasteiger partial charge in [-0.25, -0.2) is 18.4 Å². The van der Waals surface area contributed by atoms with E-state index in [2.05, 4.69) is 0 Å². The van der Waals surface area contributed by atoms with Crippen LogP contribution < -0.4 is 15.7 Å². The van der Waals surface area contributed by atoms with Crippen molar-refractivity contribution in [3.8, 4) is 5.75 Å². The Bertz CT molecular complexity index is 1220. The van der Waals surface area contributed by atoms with Crippen LogP contribution in [-0.2, 0) is 22.9 Å². The largest absolute Gasteiger partial charge is 0.507 e. The molecule has 0 bridgehead atoms. The van der Waals surface area contributed by atoms with Crippen molar-refractivity contribution in [2.45, 2.75) is 64.2 Å². The zero-order valence-corrected chi connectivity index (χ0v) is 20.4. The van der Waals surface area contributed by atoms with Crippen LogP contribution in [0, 0.1) is 0 Å². The van der Waals surface area contributed by atoms with Gasteiger partial charge in [0.05, 0.1) is 11.4 Å². The lowest BCUT2D eigenvalue weighted by atomic mass is 9.85. The van der Waals surface area contributed by atoms with Crippen molar-refractivity contribution >= 4 is 27.5 Å². The van der Waals surface area contributed by atoms with Crippen LogP contribution >= 0.6 is 11.8 Å². The second kappa shape index (κ2) is 9.95. The Labute approximate surface area is 198 Å². The third-order valence-corrected chi connectivity index (χ3v) is 8.22. The van der Waals surface area contributed by atoms with Gasteiger partial charge in [-0.2, -0.15) is 0 Å². The predicted molar refractivity (Wildman–Crippen MR) is 132 cm³/mol. The van der Waals surface area contributed by atoms with Crippen LogP contribution in [0.5, 0.6) is 5.75 Å². The number of sulfonamides is 1. The molecule has 1 aliphatic carbocycles. The molecule has 0 amide bonds. The van der Waals surface area contributed by atoms with Gasteiger partial charge in [-0.1, -0.05) is 38.3 Å². The van der Waals surface area contributed by atoms with Crippen LogP contribution in [0.25, 0.3) is 0 Å². The van der Waals surface area contributed by atoms with Gasteiger partial charge in [-0.05, 0) is 43.4 Å². The summed E-state index contributed by atoms with van der Waals surface area (Å²) in [5.41, 5.74) is 2.07. The molecule has 33 heavy (non-hydrogen) atoms. The van der Waals surface area contributed by atoms with Gasteiger partial charge < -0.3 is 14.4 Å². The minimum Gasteiger partial charge on any atom is -0.507 e. The molecule has 1 aromatic heterocycles. The van der Waals surface area contributed by atoms with Gasteiger partial charge in [-0.3, -0.25) is 0 Å². The summed E-state index contributed by atoms with van der Waals surface area (Å²) in [5, 5.41) is 18.2. The monoisotopic (exact) mass is 490 g/mol. The molecular formula is C24H30N2O5S2. The van der Waals surface area contributed by atoms with E-state index in [0.717, 1.165) is 43.2 Å². The van der Waals surface area contributed by atoms with Crippen molar-refractivity contribution in [3.05, 3.63) is 67.6 Å². The standard InChI is InChI=1S/C24H30N2O5S2/c1-2-8-18(22-23(27)19-11-5-3-4-6-12-20(19)31-24(22)28)16-9-7-10-17(13-16)26-15-32-14-21(26)33(25,29)30/h7,9-10,13-14,18,27H,2-6,8,11-12,15H2,1H3,(H2,25,29,30). The fraction of sp³-hybridized carbons (Fsp3) is 0.458. The van der Waals surface area contributed by atoms with Crippen molar-refractivity contribution < 1.29 is 17.9 Å². The van der Waals surface area contributed by atoms with Crippen LogP contribution in [0.2, 0.25) is 0 Å². The number of rotatable bonds is 6. The molecule has 3 N–H and O–H groups in total. The molecule has 2 heterocycles. The highest BCUT2D eigenvalue weighted by atomic mass is 32.2. The molecule has 7 nitrogen and oxygen atoms in total.